The Morgan fingerprint density at radius 1 is 1.42 bits per heavy atom. The van der Waals surface area contributed by atoms with Crippen molar-refractivity contribution < 1.29 is 4.92 Å². The van der Waals surface area contributed by atoms with Crippen LogP contribution in [0.4, 0.5) is 17.3 Å². The van der Waals surface area contributed by atoms with Crippen molar-refractivity contribution in [3.63, 3.8) is 0 Å². The van der Waals surface area contributed by atoms with Crippen LogP contribution in [0.2, 0.25) is 0 Å². The second-order valence-electron chi connectivity index (χ2n) is 5.27. The fraction of sp³-hybridized carbons (Fsp3) is 0.615. The maximum atomic E-state index is 10.7. The molecule has 1 aromatic rings. The van der Waals surface area contributed by atoms with E-state index in [9.17, 15) is 10.1 Å². The minimum atomic E-state index is -0.505. The van der Waals surface area contributed by atoms with E-state index in [-0.39, 0.29) is 11.5 Å². The SMILES string of the molecule is CC1CCCCC1N(C)c1ccc([N+](=O)[O-])c(N)n1. The molecule has 1 aromatic heterocycles. The molecule has 0 radical (unpaired) electrons. The average Bonchev–Trinajstić information content (AvgIpc) is 2.38. The average molecular weight is 264 g/mol. The summed E-state index contributed by atoms with van der Waals surface area (Å²) in [4.78, 5) is 16.5. The third kappa shape index (κ3) is 2.77. The van der Waals surface area contributed by atoms with Crippen LogP contribution >= 0.6 is 0 Å². The number of aromatic nitrogens is 1. The van der Waals surface area contributed by atoms with E-state index in [4.69, 9.17) is 5.73 Å². The van der Waals surface area contributed by atoms with E-state index >= 15 is 0 Å². The van der Waals surface area contributed by atoms with Gasteiger partial charge in [-0.05, 0) is 24.8 Å². The number of rotatable bonds is 3. The van der Waals surface area contributed by atoms with Crippen molar-refractivity contribution in [2.45, 2.75) is 38.6 Å². The lowest BCUT2D eigenvalue weighted by atomic mass is 9.85. The number of anilines is 2. The van der Waals surface area contributed by atoms with Crippen molar-refractivity contribution in [2.75, 3.05) is 17.7 Å². The zero-order valence-electron chi connectivity index (χ0n) is 11.4. The van der Waals surface area contributed by atoms with Gasteiger partial charge in [0, 0.05) is 19.2 Å². The van der Waals surface area contributed by atoms with Crippen LogP contribution in [-0.4, -0.2) is 23.0 Å². The Kier molecular flexibility index (Phi) is 3.87. The van der Waals surface area contributed by atoms with Crippen molar-refractivity contribution in [1.29, 1.82) is 0 Å². The monoisotopic (exact) mass is 264 g/mol. The summed E-state index contributed by atoms with van der Waals surface area (Å²) >= 11 is 0. The fourth-order valence-corrected chi connectivity index (χ4v) is 2.85. The standard InChI is InChI=1S/C13H20N4O2/c1-9-5-3-4-6-10(9)16(2)12-8-7-11(17(18)19)13(14)15-12/h7-10H,3-6H2,1-2H3,(H2,14,15). The van der Waals surface area contributed by atoms with Gasteiger partial charge >= 0.3 is 5.69 Å². The van der Waals surface area contributed by atoms with Crippen LogP contribution in [-0.2, 0) is 0 Å². The first-order valence-electron chi connectivity index (χ1n) is 6.64. The van der Waals surface area contributed by atoms with Gasteiger partial charge in [0.2, 0.25) is 5.82 Å². The number of nitrogens with two attached hydrogens (primary N) is 1. The Hall–Kier alpha value is -1.85. The Balaban J connectivity index is 2.21. The molecule has 2 atom stereocenters. The van der Waals surface area contributed by atoms with E-state index in [1.807, 2.05) is 7.05 Å². The number of nitrogen functional groups attached to an aromatic ring is 1. The van der Waals surface area contributed by atoms with E-state index in [1.165, 1.54) is 25.3 Å². The molecule has 2 N–H and O–H groups in total. The molecule has 0 spiro atoms. The van der Waals surface area contributed by atoms with E-state index < -0.39 is 4.92 Å². The van der Waals surface area contributed by atoms with Crippen LogP contribution in [0.15, 0.2) is 12.1 Å². The smallest absolute Gasteiger partial charge is 0.311 e. The molecule has 2 rings (SSSR count). The van der Waals surface area contributed by atoms with Gasteiger partial charge in [0.15, 0.2) is 0 Å². The molecule has 1 aliphatic rings. The lowest BCUT2D eigenvalue weighted by Gasteiger charge is -2.37. The second kappa shape index (κ2) is 5.42. The van der Waals surface area contributed by atoms with Gasteiger partial charge in [0.05, 0.1) is 4.92 Å². The van der Waals surface area contributed by atoms with Gasteiger partial charge in [-0.15, -0.1) is 0 Å². The molecular formula is C13H20N4O2. The van der Waals surface area contributed by atoms with Gasteiger partial charge in [-0.25, -0.2) is 4.98 Å². The molecule has 19 heavy (non-hydrogen) atoms. The van der Waals surface area contributed by atoms with E-state index in [0.717, 1.165) is 6.42 Å². The maximum absolute atomic E-state index is 10.7. The minimum Gasteiger partial charge on any atom is -0.378 e. The predicted molar refractivity (Wildman–Crippen MR) is 75.1 cm³/mol. The molecule has 1 heterocycles. The summed E-state index contributed by atoms with van der Waals surface area (Å²) in [6.45, 7) is 2.25. The number of nitro groups is 1. The summed E-state index contributed by atoms with van der Waals surface area (Å²) < 4.78 is 0. The van der Waals surface area contributed by atoms with Gasteiger partial charge in [-0.2, -0.15) is 0 Å². The summed E-state index contributed by atoms with van der Waals surface area (Å²) in [5.41, 5.74) is 5.51. The summed E-state index contributed by atoms with van der Waals surface area (Å²) in [7, 11) is 1.99. The van der Waals surface area contributed by atoms with Crippen molar-refractivity contribution >= 4 is 17.3 Å². The predicted octanol–water partition coefficient (Wildman–Crippen LogP) is 2.59. The molecule has 1 saturated carbocycles. The van der Waals surface area contributed by atoms with Crippen molar-refractivity contribution in [2.24, 2.45) is 5.92 Å². The Bertz CT molecular complexity index is 478. The van der Waals surface area contributed by atoms with Crippen LogP contribution < -0.4 is 10.6 Å². The molecule has 0 amide bonds. The first-order chi connectivity index (χ1) is 9.00. The number of hydrogen-bond donors (Lipinski definition) is 1. The number of pyridine rings is 1. The van der Waals surface area contributed by atoms with Crippen LogP contribution in [0.5, 0.6) is 0 Å². The molecule has 104 valence electrons. The van der Waals surface area contributed by atoms with Gasteiger partial charge in [0.1, 0.15) is 5.82 Å². The third-order valence-electron chi connectivity index (χ3n) is 4.01. The second-order valence-corrected chi connectivity index (χ2v) is 5.27. The van der Waals surface area contributed by atoms with E-state index in [1.54, 1.807) is 6.07 Å². The fourth-order valence-electron chi connectivity index (χ4n) is 2.85. The minimum absolute atomic E-state index is 0.0159. The summed E-state index contributed by atoms with van der Waals surface area (Å²) in [5.74, 6) is 1.30. The molecular weight excluding hydrogens is 244 g/mol. The van der Waals surface area contributed by atoms with Crippen LogP contribution in [0.3, 0.4) is 0 Å². The molecule has 0 bridgehead atoms. The first-order valence-corrected chi connectivity index (χ1v) is 6.64. The molecule has 2 unspecified atom stereocenters. The first kappa shape index (κ1) is 13.6. The number of nitrogens with zero attached hydrogens (tertiary/aromatic N) is 3. The highest BCUT2D eigenvalue weighted by atomic mass is 16.6. The van der Waals surface area contributed by atoms with E-state index in [0.29, 0.717) is 17.8 Å². The van der Waals surface area contributed by atoms with Gasteiger partial charge in [-0.3, -0.25) is 10.1 Å². The van der Waals surface area contributed by atoms with Gasteiger partial charge in [-0.1, -0.05) is 19.8 Å². The molecule has 1 fully saturated rings. The summed E-state index contributed by atoms with van der Waals surface area (Å²) in [5, 5.41) is 10.7. The molecule has 1 aliphatic carbocycles. The highest BCUT2D eigenvalue weighted by Crippen LogP contribution is 2.31. The maximum Gasteiger partial charge on any atom is 0.311 e. The van der Waals surface area contributed by atoms with E-state index in [2.05, 4.69) is 16.8 Å². The summed E-state index contributed by atoms with van der Waals surface area (Å²) in [6.07, 6.45) is 4.86. The topological polar surface area (TPSA) is 85.3 Å². The van der Waals surface area contributed by atoms with Crippen molar-refractivity contribution in [3.05, 3.63) is 22.2 Å². The summed E-state index contributed by atoms with van der Waals surface area (Å²) in [6, 6.07) is 3.54. The van der Waals surface area contributed by atoms with Crippen LogP contribution in [0.25, 0.3) is 0 Å². The molecule has 6 nitrogen and oxygen atoms in total. The molecule has 0 aliphatic heterocycles. The lowest BCUT2D eigenvalue weighted by molar-refractivity contribution is -0.384. The quantitative estimate of drug-likeness (QED) is 0.670. The van der Waals surface area contributed by atoms with Crippen LogP contribution in [0, 0.1) is 16.0 Å². The zero-order chi connectivity index (χ0) is 14.0. The highest BCUT2D eigenvalue weighted by Gasteiger charge is 2.26. The molecule has 0 aromatic carbocycles. The normalized spacial score (nSPS) is 23.1. The zero-order valence-corrected chi connectivity index (χ0v) is 11.4. The number of hydrogen-bond acceptors (Lipinski definition) is 5. The van der Waals surface area contributed by atoms with Crippen LogP contribution in [0.1, 0.15) is 32.6 Å². The van der Waals surface area contributed by atoms with Crippen molar-refractivity contribution in [3.8, 4) is 0 Å². The van der Waals surface area contributed by atoms with Gasteiger partial charge in [0.25, 0.3) is 0 Å². The Labute approximate surface area is 112 Å². The Morgan fingerprint density at radius 3 is 2.68 bits per heavy atom. The highest BCUT2D eigenvalue weighted by molar-refractivity contribution is 5.58. The molecule has 6 heteroatoms. The Morgan fingerprint density at radius 2 is 2.11 bits per heavy atom. The lowest BCUT2D eigenvalue weighted by Crippen LogP contribution is -2.39. The largest absolute Gasteiger partial charge is 0.378 e. The van der Waals surface area contributed by atoms with Crippen molar-refractivity contribution in [1.82, 2.24) is 4.98 Å². The van der Waals surface area contributed by atoms with Gasteiger partial charge < -0.3 is 10.6 Å². The third-order valence-corrected chi connectivity index (χ3v) is 4.01. The molecule has 0 saturated heterocycles.